The maximum absolute atomic E-state index is 3.79. The van der Waals surface area contributed by atoms with Crippen LogP contribution in [-0.4, -0.2) is 34.6 Å². The number of benzene rings is 1. The molecule has 3 atom stereocenters. The first-order valence-electron chi connectivity index (χ1n) is 7.41. The van der Waals surface area contributed by atoms with Gasteiger partial charge in [-0.25, -0.2) is 0 Å². The van der Waals surface area contributed by atoms with Gasteiger partial charge in [0.25, 0.3) is 0 Å². The van der Waals surface area contributed by atoms with Gasteiger partial charge >= 0.3 is 0 Å². The number of rotatable bonds is 6. The molecule has 1 nitrogen and oxygen atoms in total. The molecule has 2 rings (SSSR count). The fraction of sp³-hybridized carbons (Fsp3) is 0.625. The molecule has 112 valence electrons. The summed E-state index contributed by atoms with van der Waals surface area (Å²) in [6.45, 7) is 5.76. The number of nitrogens with one attached hydrogen (secondary N) is 1. The van der Waals surface area contributed by atoms with E-state index in [2.05, 4.69) is 82.9 Å². The molecule has 3 unspecified atom stereocenters. The van der Waals surface area contributed by atoms with Gasteiger partial charge in [-0.2, -0.15) is 23.5 Å². The van der Waals surface area contributed by atoms with Crippen LogP contribution >= 0.6 is 39.5 Å². The van der Waals surface area contributed by atoms with Crippen LogP contribution in [0, 0.1) is 0 Å². The zero-order valence-corrected chi connectivity index (χ0v) is 15.5. The Bertz CT molecular complexity index is 413. The Morgan fingerprint density at radius 2 is 2.15 bits per heavy atom. The van der Waals surface area contributed by atoms with Crippen molar-refractivity contribution < 1.29 is 0 Å². The maximum Gasteiger partial charge on any atom is 0.0320 e. The summed E-state index contributed by atoms with van der Waals surface area (Å²) in [5, 5.41) is 5.26. The van der Waals surface area contributed by atoms with Gasteiger partial charge in [0.1, 0.15) is 0 Å². The summed E-state index contributed by atoms with van der Waals surface area (Å²) in [5.74, 6) is 2.60. The Morgan fingerprint density at radius 3 is 2.85 bits per heavy atom. The van der Waals surface area contributed by atoms with Gasteiger partial charge < -0.3 is 5.32 Å². The van der Waals surface area contributed by atoms with Crippen molar-refractivity contribution in [1.29, 1.82) is 0 Å². The van der Waals surface area contributed by atoms with Crippen LogP contribution in [0.1, 0.15) is 25.8 Å². The molecular weight excluding hydrogens is 350 g/mol. The van der Waals surface area contributed by atoms with Crippen LogP contribution in [0.15, 0.2) is 28.7 Å². The lowest BCUT2D eigenvalue weighted by molar-refractivity contribution is 0.486. The van der Waals surface area contributed by atoms with Gasteiger partial charge in [-0.1, -0.05) is 41.9 Å². The van der Waals surface area contributed by atoms with Gasteiger partial charge in [-0.05, 0) is 37.1 Å². The average molecular weight is 374 g/mol. The minimum Gasteiger partial charge on any atom is -0.313 e. The molecule has 0 bridgehead atoms. The highest BCUT2D eigenvalue weighted by Gasteiger charge is 2.30. The molecule has 0 radical (unpaired) electrons. The Morgan fingerprint density at radius 1 is 1.35 bits per heavy atom. The second kappa shape index (κ2) is 8.72. The molecule has 4 heteroatoms. The zero-order valence-electron chi connectivity index (χ0n) is 12.3. The number of thioether (sulfide) groups is 2. The Labute approximate surface area is 140 Å². The van der Waals surface area contributed by atoms with Crippen molar-refractivity contribution in [2.24, 2.45) is 0 Å². The van der Waals surface area contributed by atoms with Crippen molar-refractivity contribution in [2.75, 3.05) is 18.1 Å². The van der Waals surface area contributed by atoms with Gasteiger partial charge in [-0.3, -0.25) is 0 Å². The zero-order chi connectivity index (χ0) is 14.4. The van der Waals surface area contributed by atoms with Crippen LogP contribution in [0.25, 0.3) is 0 Å². The molecule has 1 N–H and O–H groups in total. The second-order valence-electron chi connectivity index (χ2n) is 5.31. The van der Waals surface area contributed by atoms with Crippen LogP contribution in [-0.2, 0) is 6.42 Å². The summed E-state index contributed by atoms with van der Waals surface area (Å²) in [4.78, 5) is 0. The minimum atomic E-state index is 0.581. The third-order valence-corrected chi connectivity index (χ3v) is 7.38. The van der Waals surface area contributed by atoms with Gasteiger partial charge in [0.2, 0.25) is 0 Å². The van der Waals surface area contributed by atoms with Crippen LogP contribution in [0.5, 0.6) is 0 Å². The van der Waals surface area contributed by atoms with E-state index in [4.69, 9.17) is 0 Å². The van der Waals surface area contributed by atoms with Gasteiger partial charge in [0, 0.05) is 32.5 Å². The van der Waals surface area contributed by atoms with E-state index in [9.17, 15) is 0 Å². The number of halogens is 1. The highest BCUT2D eigenvalue weighted by molar-refractivity contribution is 9.10. The third-order valence-electron chi connectivity index (χ3n) is 3.63. The molecule has 1 saturated heterocycles. The predicted molar refractivity (Wildman–Crippen MR) is 98.1 cm³/mol. The Kier molecular flexibility index (Phi) is 7.29. The molecular formula is C16H24BrNS2. The van der Waals surface area contributed by atoms with Crippen molar-refractivity contribution >= 4 is 39.5 Å². The van der Waals surface area contributed by atoms with Crippen LogP contribution < -0.4 is 5.32 Å². The predicted octanol–water partition coefficient (Wildman–Crippen LogP) is 4.60. The van der Waals surface area contributed by atoms with E-state index in [1.165, 1.54) is 28.0 Å². The van der Waals surface area contributed by atoms with Crippen molar-refractivity contribution in [3.63, 3.8) is 0 Å². The first-order chi connectivity index (χ1) is 9.70. The summed E-state index contributed by atoms with van der Waals surface area (Å²) in [6, 6.07) is 9.33. The van der Waals surface area contributed by atoms with E-state index >= 15 is 0 Å². The lowest BCUT2D eigenvalue weighted by Crippen LogP contribution is -2.46. The molecule has 0 aliphatic carbocycles. The van der Waals surface area contributed by atoms with E-state index in [-0.39, 0.29) is 0 Å². The lowest BCUT2D eigenvalue weighted by Gasteiger charge is -2.35. The van der Waals surface area contributed by atoms with Crippen molar-refractivity contribution in [2.45, 2.75) is 43.2 Å². The molecule has 1 aromatic carbocycles. The van der Waals surface area contributed by atoms with Crippen molar-refractivity contribution in [3.8, 4) is 0 Å². The second-order valence-corrected chi connectivity index (χ2v) is 8.99. The summed E-state index contributed by atoms with van der Waals surface area (Å²) in [5.41, 5.74) is 1.43. The Hall–Kier alpha value is 0.360. The summed E-state index contributed by atoms with van der Waals surface area (Å²) >= 11 is 7.87. The highest BCUT2D eigenvalue weighted by Crippen LogP contribution is 2.34. The number of hydrogen-bond donors (Lipinski definition) is 1. The van der Waals surface area contributed by atoms with Gasteiger partial charge in [-0.15, -0.1) is 0 Å². The standard InChI is InChI=1S/C16H24BrNS2/c1-3-7-18-15(16-12(2)19-8-9-20-16)11-13-5-4-6-14(17)10-13/h4-6,10,12,15-16,18H,3,7-9,11H2,1-2H3. The van der Waals surface area contributed by atoms with E-state index in [1.54, 1.807) is 0 Å². The fourth-order valence-electron chi connectivity index (χ4n) is 2.64. The third kappa shape index (κ3) is 4.97. The average Bonchev–Trinajstić information content (AvgIpc) is 2.44. The topological polar surface area (TPSA) is 12.0 Å². The molecule has 0 amide bonds. The monoisotopic (exact) mass is 373 g/mol. The van der Waals surface area contributed by atoms with Crippen molar-refractivity contribution in [3.05, 3.63) is 34.3 Å². The van der Waals surface area contributed by atoms with Crippen molar-refractivity contribution in [1.82, 2.24) is 5.32 Å². The van der Waals surface area contributed by atoms with E-state index < -0.39 is 0 Å². The molecule has 1 aromatic rings. The first-order valence-corrected chi connectivity index (χ1v) is 10.3. The quantitative estimate of drug-likeness (QED) is 0.782. The largest absolute Gasteiger partial charge is 0.313 e. The summed E-state index contributed by atoms with van der Waals surface area (Å²) in [7, 11) is 0. The van der Waals surface area contributed by atoms with Gasteiger partial charge in [0.05, 0.1) is 0 Å². The van der Waals surface area contributed by atoms with E-state index in [0.717, 1.165) is 23.5 Å². The normalized spacial score (nSPS) is 24.6. The van der Waals surface area contributed by atoms with Crippen LogP contribution in [0.4, 0.5) is 0 Å². The molecule has 0 saturated carbocycles. The molecule has 1 aliphatic heterocycles. The Balaban J connectivity index is 2.06. The van der Waals surface area contributed by atoms with E-state index in [1.807, 2.05) is 0 Å². The molecule has 1 aliphatic rings. The molecule has 20 heavy (non-hydrogen) atoms. The molecule has 1 fully saturated rings. The highest BCUT2D eigenvalue weighted by atomic mass is 79.9. The fourth-order valence-corrected chi connectivity index (χ4v) is 6.05. The SMILES string of the molecule is CCCNC(Cc1cccc(Br)c1)C1SCCSC1C. The minimum absolute atomic E-state index is 0.581. The van der Waals surface area contributed by atoms with Gasteiger partial charge in [0.15, 0.2) is 0 Å². The van der Waals surface area contributed by atoms with Crippen LogP contribution in [0.3, 0.4) is 0 Å². The maximum atomic E-state index is 3.79. The smallest absolute Gasteiger partial charge is 0.0320 e. The molecule has 0 spiro atoms. The number of hydrogen-bond acceptors (Lipinski definition) is 3. The summed E-state index contributed by atoms with van der Waals surface area (Å²) in [6.07, 6.45) is 2.33. The van der Waals surface area contributed by atoms with Crippen LogP contribution in [0.2, 0.25) is 0 Å². The molecule has 1 heterocycles. The summed E-state index contributed by atoms with van der Waals surface area (Å²) < 4.78 is 1.18. The van der Waals surface area contributed by atoms with E-state index in [0.29, 0.717) is 6.04 Å². The lowest BCUT2D eigenvalue weighted by atomic mass is 10.0. The molecule has 0 aromatic heterocycles. The first kappa shape index (κ1) is 16.7.